The number of allylic oxidation sites excluding steroid dienone is 1. The van der Waals surface area contributed by atoms with E-state index < -0.39 is 17.2 Å². The minimum Gasteiger partial charge on any atom is -0.205 e. The molecule has 0 atom stereocenters. The summed E-state index contributed by atoms with van der Waals surface area (Å²) in [6, 6.07) is 15.5. The highest BCUT2D eigenvalue weighted by Crippen LogP contribution is 2.29. The number of rotatable bonds is 7. The molecule has 0 fully saturated rings. The van der Waals surface area contributed by atoms with E-state index in [1.807, 2.05) is 12.1 Å². The molecule has 0 spiro atoms. The second kappa shape index (κ2) is 11.6. The SMILES string of the molecule is CCCCC1=Cc2ccc(C#Cc3ccc(N=Nc4cc(F)c(C#N)c(F)c4)cc3CCC)cc2C1. The third kappa shape index (κ3) is 5.93. The number of nitriles is 1. The van der Waals surface area contributed by atoms with E-state index in [1.54, 1.807) is 6.07 Å². The van der Waals surface area contributed by atoms with Crippen LogP contribution in [-0.2, 0) is 12.8 Å². The molecule has 0 bridgehead atoms. The maximum Gasteiger partial charge on any atom is 0.146 e. The van der Waals surface area contributed by atoms with E-state index in [9.17, 15) is 8.78 Å². The van der Waals surface area contributed by atoms with Gasteiger partial charge >= 0.3 is 0 Å². The van der Waals surface area contributed by atoms with E-state index in [0.29, 0.717) is 5.69 Å². The first-order valence-electron chi connectivity index (χ1n) is 12.3. The lowest BCUT2D eigenvalue weighted by molar-refractivity contribution is 0.577. The number of fused-ring (bicyclic) bond motifs is 1. The molecule has 1 aliphatic carbocycles. The van der Waals surface area contributed by atoms with Crippen LogP contribution in [0.1, 0.15) is 72.9 Å². The fourth-order valence-electron chi connectivity index (χ4n) is 4.28. The first-order valence-corrected chi connectivity index (χ1v) is 12.3. The standard InChI is InChI=1S/C31H27F2N3/c1-3-5-7-22-15-25-11-9-21(14-26(25)16-22)8-10-23-12-13-27(17-24(23)6-4-2)35-36-28-18-30(32)29(20-34)31(33)19-28/h9,11-15,17-19H,3-7,16H2,1-2H3. The molecule has 0 radical (unpaired) electrons. The van der Waals surface area contributed by atoms with Crippen LogP contribution in [0.15, 0.2) is 64.3 Å². The first kappa shape index (κ1) is 25.0. The molecule has 0 aliphatic heterocycles. The summed E-state index contributed by atoms with van der Waals surface area (Å²) in [5, 5.41) is 16.9. The molecule has 0 amide bonds. The van der Waals surface area contributed by atoms with E-state index in [4.69, 9.17) is 5.26 Å². The molecule has 0 aromatic heterocycles. The zero-order chi connectivity index (χ0) is 25.5. The maximum atomic E-state index is 13.8. The molecular formula is C31H27F2N3. The van der Waals surface area contributed by atoms with E-state index >= 15 is 0 Å². The summed E-state index contributed by atoms with van der Waals surface area (Å²) < 4.78 is 27.7. The van der Waals surface area contributed by atoms with Gasteiger partial charge in [0, 0.05) is 23.3 Å². The van der Waals surface area contributed by atoms with Crippen LogP contribution in [0.3, 0.4) is 0 Å². The van der Waals surface area contributed by atoms with Crippen molar-refractivity contribution in [2.24, 2.45) is 10.2 Å². The number of hydrogen-bond donors (Lipinski definition) is 0. The number of hydrogen-bond acceptors (Lipinski definition) is 3. The molecule has 0 saturated heterocycles. The number of benzene rings is 3. The molecule has 0 unspecified atom stereocenters. The van der Waals surface area contributed by atoms with Gasteiger partial charge in [0.1, 0.15) is 23.3 Å². The van der Waals surface area contributed by atoms with Gasteiger partial charge in [0.2, 0.25) is 0 Å². The van der Waals surface area contributed by atoms with Crippen LogP contribution in [0.2, 0.25) is 0 Å². The van der Waals surface area contributed by atoms with Gasteiger partial charge in [-0.25, -0.2) is 8.78 Å². The Morgan fingerprint density at radius 1 is 0.861 bits per heavy atom. The maximum absolute atomic E-state index is 13.8. The highest BCUT2D eigenvalue weighted by atomic mass is 19.1. The fourth-order valence-corrected chi connectivity index (χ4v) is 4.28. The van der Waals surface area contributed by atoms with Crippen molar-refractivity contribution in [2.45, 2.75) is 52.4 Å². The van der Waals surface area contributed by atoms with Gasteiger partial charge in [-0.3, -0.25) is 0 Å². The molecule has 0 saturated carbocycles. The van der Waals surface area contributed by atoms with Gasteiger partial charge in [0.25, 0.3) is 0 Å². The lowest BCUT2D eigenvalue weighted by Gasteiger charge is -2.05. The Morgan fingerprint density at radius 3 is 2.36 bits per heavy atom. The zero-order valence-electron chi connectivity index (χ0n) is 20.5. The van der Waals surface area contributed by atoms with Crippen LogP contribution in [0, 0.1) is 34.8 Å². The largest absolute Gasteiger partial charge is 0.205 e. The Kier molecular flexibility index (Phi) is 8.03. The Balaban J connectivity index is 1.53. The molecule has 3 nitrogen and oxygen atoms in total. The fraction of sp³-hybridized carbons (Fsp3) is 0.258. The Labute approximate surface area is 211 Å². The third-order valence-corrected chi connectivity index (χ3v) is 6.14. The average Bonchev–Trinajstić information content (AvgIpc) is 3.28. The Hall–Kier alpha value is -4.09. The minimum absolute atomic E-state index is 0.00820. The first-order chi connectivity index (χ1) is 17.5. The van der Waals surface area contributed by atoms with Crippen LogP contribution in [0.25, 0.3) is 6.08 Å². The number of halogens is 2. The van der Waals surface area contributed by atoms with E-state index in [1.165, 1.54) is 35.6 Å². The molecule has 3 aromatic carbocycles. The predicted molar refractivity (Wildman–Crippen MR) is 139 cm³/mol. The average molecular weight is 480 g/mol. The number of aryl methyl sites for hydroxylation is 1. The second-order valence-electron chi connectivity index (χ2n) is 8.93. The molecule has 0 N–H and O–H groups in total. The van der Waals surface area contributed by atoms with Crippen molar-refractivity contribution in [1.82, 2.24) is 0 Å². The van der Waals surface area contributed by atoms with Crippen molar-refractivity contribution in [3.63, 3.8) is 0 Å². The monoisotopic (exact) mass is 479 g/mol. The zero-order valence-corrected chi connectivity index (χ0v) is 20.5. The van der Waals surface area contributed by atoms with Crippen molar-refractivity contribution in [1.29, 1.82) is 5.26 Å². The summed E-state index contributed by atoms with van der Waals surface area (Å²) in [5.74, 6) is 4.71. The van der Waals surface area contributed by atoms with Gasteiger partial charge in [0.05, 0.1) is 11.4 Å². The van der Waals surface area contributed by atoms with Crippen molar-refractivity contribution < 1.29 is 8.78 Å². The van der Waals surface area contributed by atoms with Crippen molar-refractivity contribution >= 4 is 17.5 Å². The lowest BCUT2D eigenvalue weighted by Crippen LogP contribution is -1.90. The lowest BCUT2D eigenvalue weighted by atomic mass is 10.0. The highest BCUT2D eigenvalue weighted by Gasteiger charge is 2.13. The van der Waals surface area contributed by atoms with Gasteiger partial charge in [-0.2, -0.15) is 15.5 Å². The molecule has 1 aliphatic rings. The molecule has 180 valence electrons. The van der Waals surface area contributed by atoms with Crippen LogP contribution in [0.4, 0.5) is 20.2 Å². The van der Waals surface area contributed by atoms with Crippen LogP contribution < -0.4 is 0 Å². The van der Waals surface area contributed by atoms with Crippen LogP contribution >= 0.6 is 0 Å². The third-order valence-electron chi connectivity index (χ3n) is 6.14. The summed E-state index contributed by atoms with van der Waals surface area (Å²) in [6.45, 7) is 4.31. The summed E-state index contributed by atoms with van der Waals surface area (Å²) in [6.07, 6.45) is 8.68. The second-order valence-corrected chi connectivity index (χ2v) is 8.93. The normalized spacial score (nSPS) is 12.1. The Bertz CT molecular complexity index is 1430. The number of nitrogens with zero attached hydrogens (tertiary/aromatic N) is 3. The van der Waals surface area contributed by atoms with Crippen LogP contribution in [0.5, 0.6) is 0 Å². The summed E-state index contributed by atoms with van der Waals surface area (Å²) in [5.41, 5.74) is 7.05. The number of unbranched alkanes of at least 4 members (excludes halogenated alkanes) is 1. The summed E-state index contributed by atoms with van der Waals surface area (Å²) in [7, 11) is 0. The molecule has 5 heteroatoms. The predicted octanol–water partition coefficient (Wildman–Crippen LogP) is 8.73. The summed E-state index contributed by atoms with van der Waals surface area (Å²) in [4.78, 5) is 0. The van der Waals surface area contributed by atoms with Gasteiger partial charge in [0.15, 0.2) is 0 Å². The molecular weight excluding hydrogens is 452 g/mol. The van der Waals surface area contributed by atoms with Crippen LogP contribution in [-0.4, -0.2) is 0 Å². The van der Waals surface area contributed by atoms with Crippen molar-refractivity contribution in [3.8, 4) is 17.9 Å². The van der Waals surface area contributed by atoms with Gasteiger partial charge < -0.3 is 0 Å². The minimum atomic E-state index is -0.955. The van der Waals surface area contributed by atoms with Gasteiger partial charge in [-0.1, -0.05) is 56.2 Å². The van der Waals surface area contributed by atoms with E-state index in [2.05, 4.69) is 60.2 Å². The van der Waals surface area contributed by atoms with Crippen molar-refractivity contribution in [2.75, 3.05) is 0 Å². The topological polar surface area (TPSA) is 48.5 Å². The smallest absolute Gasteiger partial charge is 0.146 e. The molecule has 3 aromatic rings. The number of azo groups is 1. The van der Waals surface area contributed by atoms with E-state index in [0.717, 1.165) is 54.5 Å². The quantitative estimate of drug-likeness (QED) is 0.247. The Morgan fingerprint density at radius 2 is 1.64 bits per heavy atom. The van der Waals surface area contributed by atoms with Crippen molar-refractivity contribution in [3.05, 3.63) is 99.1 Å². The highest BCUT2D eigenvalue weighted by molar-refractivity contribution is 5.65. The van der Waals surface area contributed by atoms with Gasteiger partial charge in [-0.15, -0.1) is 0 Å². The van der Waals surface area contributed by atoms with E-state index in [-0.39, 0.29) is 5.69 Å². The van der Waals surface area contributed by atoms with Gasteiger partial charge in [-0.05, 0) is 72.7 Å². The molecule has 36 heavy (non-hydrogen) atoms. The molecule has 0 heterocycles. The summed E-state index contributed by atoms with van der Waals surface area (Å²) >= 11 is 0. The molecule has 4 rings (SSSR count).